The number of hydrogen-bond donors (Lipinski definition) is 0. The Morgan fingerprint density at radius 1 is 1.04 bits per heavy atom. The van der Waals surface area contributed by atoms with Crippen molar-refractivity contribution in [2.75, 3.05) is 0 Å². The second kappa shape index (κ2) is 6.36. The van der Waals surface area contributed by atoms with E-state index in [0.717, 1.165) is 5.69 Å². The topological polar surface area (TPSA) is 73.8 Å². The predicted octanol–water partition coefficient (Wildman–Crippen LogP) is 4.32. The van der Waals surface area contributed by atoms with Crippen LogP contribution in [0.5, 0.6) is 0 Å². The van der Waals surface area contributed by atoms with Crippen molar-refractivity contribution in [2.24, 2.45) is 0 Å². The lowest BCUT2D eigenvalue weighted by molar-refractivity contribution is -0.384. The van der Waals surface area contributed by atoms with E-state index in [1.165, 1.54) is 12.1 Å². The summed E-state index contributed by atoms with van der Waals surface area (Å²) in [5.74, 6) is 0.776. The number of hydrogen-bond acceptors (Lipinski definition) is 4. The van der Waals surface area contributed by atoms with Gasteiger partial charge in [-0.05, 0) is 24.3 Å². The molecule has 0 aliphatic rings. The molecule has 116 valence electrons. The van der Waals surface area contributed by atoms with E-state index in [4.69, 9.17) is 23.2 Å². The normalized spacial score (nSPS) is 10.9. The molecule has 0 fully saturated rings. The summed E-state index contributed by atoms with van der Waals surface area (Å²) in [5, 5.41) is 15.1. The lowest BCUT2D eigenvalue weighted by Crippen LogP contribution is -2.02. The molecule has 8 heteroatoms. The van der Waals surface area contributed by atoms with Gasteiger partial charge in [-0.15, -0.1) is 5.10 Å². The van der Waals surface area contributed by atoms with Gasteiger partial charge in [-0.2, -0.15) is 0 Å². The van der Waals surface area contributed by atoms with Gasteiger partial charge < -0.3 is 0 Å². The summed E-state index contributed by atoms with van der Waals surface area (Å²) in [7, 11) is 0. The minimum Gasteiger partial charge on any atom is -0.258 e. The monoisotopic (exact) mass is 348 g/mol. The predicted molar refractivity (Wildman–Crippen MR) is 87.9 cm³/mol. The third-order valence-electron chi connectivity index (χ3n) is 3.16. The third kappa shape index (κ3) is 3.18. The van der Waals surface area contributed by atoms with Gasteiger partial charge in [0.25, 0.3) is 5.69 Å². The number of nitrogens with zero attached hydrogens (tertiary/aromatic N) is 4. The zero-order valence-corrected chi connectivity index (χ0v) is 13.1. The molecule has 0 bridgehead atoms. The fourth-order valence-electron chi connectivity index (χ4n) is 2.08. The maximum atomic E-state index is 10.7. The lowest BCUT2D eigenvalue weighted by atomic mass is 10.2. The zero-order valence-electron chi connectivity index (χ0n) is 11.6. The highest BCUT2D eigenvalue weighted by atomic mass is 35.5. The Morgan fingerprint density at radius 2 is 1.70 bits per heavy atom. The molecule has 0 atom stereocenters. The lowest BCUT2D eigenvalue weighted by Gasteiger charge is -2.05. The van der Waals surface area contributed by atoms with Crippen molar-refractivity contribution < 1.29 is 4.92 Å². The summed E-state index contributed by atoms with van der Waals surface area (Å²) in [6.07, 6.45) is 0. The van der Waals surface area contributed by atoms with Crippen LogP contribution in [0.15, 0.2) is 54.6 Å². The maximum absolute atomic E-state index is 10.7. The van der Waals surface area contributed by atoms with Crippen molar-refractivity contribution in [1.29, 1.82) is 0 Å². The van der Waals surface area contributed by atoms with Crippen LogP contribution in [0, 0.1) is 10.1 Å². The molecule has 2 aromatic carbocycles. The van der Waals surface area contributed by atoms with E-state index in [-0.39, 0.29) is 5.69 Å². The van der Waals surface area contributed by atoms with Crippen LogP contribution >= 0.6 is 23.2 Å². The van der Waals surface area contributed by atoms with Crippen LogP contribution in [-0.2, 0) is 0 Å². The Kier molecular flexibility index (Phi) is 4.27. The first-order valence-corrected chi connectivity index (χ1v) is 7.49. The average molecular weight is 349 g/mol. The zero-order chi connectivity index (χ0) is 16.4. The fourth-order valence-corrected chi connectivity index (χ4v) is 2.36. The number of alkyl halides is 2. The van der Waals surface area contributed by atoms with Gasteiger partial charge in [0.1, 0.15) is 0 Å². The Morgan fingerprint density at radius 3 is 2.26 bits per heavy atom. The molecule has 0 amide bonds. The van der Waals surface area contributed by atoms with Gasteiger partial charge in [-0.25, -0.2) is 9.67 Å². The van der Waals surface area contributed by atoms with Crippen LogP contribution in [-0.4, -0.2) is 19.7 Å². The average Bonchev–Trinajstić information content (AvgIpc) is 3.01. The van der Waals surface area contributed by atoms with Gasteiger partial charge in [0.05, 0.1) is 10.6 Å². The number of aromatic nitrogens is 3. The second-order valence-electron chi connectivity index (χ2n) is 4.65. The summed E-state index contributed by atoms with van der Waals surface area (Å²) in [6, 6.07) is 15.3. The summed E-state index contributed by atoms with van der Waals surface area (Å²) in [5.41, 5.74) is 1.42. The van der Waals surface area contributed by atoms with Crippen LogP contribution in [0.25, 0.3) is 17.1 Å². The first-order chi connectivity index (χ1) is 11.1. The molecule has 0 N–H and O–H groups in total. The molecule has 3 aromatic rings. The van der Waals surface area contributed by atoms with Crippen LogP contribution in [0.3, 0.4) is 0 Å². The van der Waals surface area contributed by atoms with Gasteiger partial charge in [-0.3, -0.25) is 10.1 Å². The highest BCUT2D eigenvalue weighted by molar-refractivity contribution is 6.43. The highest BCUT2D eigenvalue weighted by Gasteiger charge is 2.18. The van der Waals surface area contributed by atoms with Crippen molar-refractivity contribution in [1.82, 2.24) is 14.8 Å². The summed E-state index contributed by atoms with van der Waals surface area (Å²) in [4.78, 5) is 13.8. The smallest absolute Gasteiger partial charge is 0.258 e. The Labute approximate surface area is 141 Å². The second-order valence-corrected chi connectivity index (χ2v) is 5.74. The molecular formula is C15H10Cl2N4O2. The highest BCUT2D eigenvalue weighted by Crippen LogP contribution is 2.28. The van der Waals surface area contributed by atoms with Crippen LogP contribution in [0.2, 0.25) is 0 Å². The first-order valence-electron chi connectivity index (χ1n) is 6.61. The molecule has 1 heterocycles. The number of benzene rings is 2. The first kappa shape index (κ1) is 15.5. The molecule has 23 heavy (non-hydrogen) atoms. The molecule has 0 unspecified atom stereocenters. The van der Waals surface area contributed by atoms with Crippen molar-refractivity contribution in [3.8, 4) is 17.1 Å². The van der Waals surface area contributed by atoms with E-state index in [2.05, 4.69) is 10.1 Å². The maximum Gasteiger partial charge on any atom is 0.269 e. The molecular weight excluding hydrogens is 339 g/mol. The number of para-hydroxylation sites is 1. The number of nitro groups is 1. The number of nitro benzene ring substituents is 1. The van der Waals surface area contributed by atoms with E-state index < -0.39 is 9.76 Å². The summed E-state index contributed by atoms with van der Waals surface area (Å²) in [6.45, 7) is 0. The van der Waals surface area contributed by atoms with Crippen molar-refractivity contribution in [2.45, 2.75) is 4.84 Å². The minimum atomic E-state index is -0.852. The molecule has 0 aliphatic carbocycles. The third-order valence-corrected chi connectivity index (χ3v) is 3.55. The standard InChI is InChI=1S/C15H10Cl2N4O2/c16-13(17)15-18-14(10-6-8-12(9-7-10)21(22)23)19-20(15)11-4-2-1-3-5-11/h1-9,13H. The summed E-state index contributed by atoms with van der Waals surface area (Å²) >= 11 is 12.0. The largest absolute Gasteiger partial charge is 0.269 e. The molecule has 0 spiro atoms. The SMILES string of the molecule is O=[N+]([O-])c1ccc(-c2nc(C(Cl)Cl)n(-c3ccccc3)n2)cc1. The van der Waals surface area contributed by atoms with Crippen LogP contribution in [0.4, 0.5) is 5.69 Å². The van der Waals surface area contributed by atoms with Crippen LogP contribution < -0.4 is 0 Å². The van der Waals surface area contributed by atoms with Gasteiger partial charge in [-0.1, -0.05) is 41.4 Å². The molecule has 0 aliphatic heterocycles. The van der Waals surface area contributed by atoms with Gasteiger partial charge in [0.15, 0.2) is 16.5 Å². The van der Waals surface area contributed by atoms with Crippen LogP contribution in [0.1, 0.15) is 10.7 Å². The number of rotatable bonds is 4. The van der Waals surface area contributed by atoms with Gasteiger partial charge in [0, 0.05) is 17.7 Å². The van der Waals surface area contributed by atoms with Gasteiger partial charge in [0.2, 0.25) is 0 Å². The fraction of sp³-hybridized carbons (Fsp3) is 0.0667. The van der Waals surface area contributed by atoms with E-state index in [1.807, 2.05) is 30.3 Å². The van der Waals surface area contributed by atoms with E-state index in [9.17, 15) is 10.1 Å². The van der Waals surface area contributed by atoms with Crippen molar-refractivity contribution in [3.05, 3.63) is 70.5 Å². The molecule has 0 saturated carbocycles. The quantitative estimate of drug-likeness (QED) is 0.399. The Hall–Kier alpha value is -2.44. The Balaban J connectivity index is 2.06. The molecule has 1 aromatic heterocycles. The molecule has 6 nitrogen and oxygen atoms in total. The van der Waals surface area contributed by atoms with Gasteiger partial charge >= 0.3 is 0 Å². The van der Waals surface area contributed by atoms with E-state index in [1.54, 1.807) is 16.8 Å². The number of halogens is 2. The molecule has 3 rings (SSSR count). The summed E-state index contributed by atoms with van der Waals surface area (Å²) < 4.78 is 1.56. The Bertz CT molecular complexity index is 832. The van der Waals surface area contributed by atoms with Crippen molar-refractivity contribution >= 4 is 28.9 Å². The van der Waals surface area contributed by atoms with Crippen molar-refractivity contribution in [3.63, 3.8) is 0 Å². The minimum absolute atomic E-state index is 0.00373. The van der Waals surface area contributed by atoms with E-state index in [0.29, 0.717) is 17.2 Å². The molecule has 0 saturated heterocycles. The molecule has 0 radical (unpaired) electrons. The number of non-ortho nitro benzene ring substituents is 1. The van der Waals surface area contributed by atoms with E-state index >= 15 is 0 Å².